The van der Waals surface area contributed by atoms with Crippen molar-refractivity contribution >= 4 is 15.7 Å². The van der Waals surface area contributed by atoms with Gasteiger partial charge in [0, 0.05) is 31.9 Å². The van der Waals surface area contributed by atoms with Gasteiger partial charge in [0.05, 0.1) is 11.9 Å². The molecular weight excluding hydrogens is 371 g/mol. The maximum absolute atomic E-state index is 15.7. The molecule has 0 atom stereocenters. The number of pyridine rings is 1. The molecule has 0 radical (unpaired) electrons. The third-order valence-electron chi connectivity index (χ3n) is 5.43. The molecule has 1 saturated heterocycles. The van der Waals surface area contributed by atoms with Crippen molar-refractivity contribution in [3.63, 3.8) is 0 Å². The maximum Gasteiger partial charge on any atom is 0.246 e. The average Bonchev–Trinajstić information content (AvgIpc) is 3.21. The standard InChI is InChI=1S/C17H21FN6O2S/c1-12-8-16-19-11-21-24(16)10-14(12)17(18)4-6-23(7-5-17)27(25,26)15-9-20-22(3)13(15)2/h8-11H,4-7H2,1-3H3. The Bertz CT molecular complexity index is 1110. The van der Waals surface area contributed by atoms with Crippen LogP contribution in [0.25, 0.3) is 5.65 Å². The number of sulfonamides is 1. The molecule has 0 bridgehead atoms. The third-order valence-corrected chi connectivity index (χ3v) is 7.43. The van der Waals surface area contributed by atoms with Crippen LogP contribution < -0.4 is 0 Å². The highest BCUT2D eigenvalue weighted by molar-refractivity contribution is 7.89. The number of fused-ring (bicyclic) bond motifs is 1. The lowest BCUT2D eigenvalue weighted by Crippen LogP contribution is -2.43. The zero-order valence-electron chi connectivity index (χ0n) is 15.4. The Labute approximate surface area is 156 Å². The van der Waals surface area contributed by atoms with Gasteiger partial charge in [0.2, 0.25) is 10.0 Å². The number of nitrogens with zero attached hydrogens (tertiary/aromatic N) is 6. The van der Waals surface area contributed by atoms with E-state index in [0.717, 1.165) is 5.56 Å². The van der Waals surface area contributed by atoms with Crippen LogP contribution in [0.5, 0.6) is 0 Å². The van der Waals surface area contributed by atoms with Crippen molar-refractivity contribution in [2.75, 3.05) is 13.1 Å². The van der Waals surface area contributed by atoms with Gasteiger partial charge in [-0.05, 0) is 38.3 Å². The van der Waals surface area contributed by atoms with Crippen LogP contribution in [0.3, 0.4) is 0 Å². The van der Waals surface area contributed by atoms with Gasteiger partial charge in [0.15, 0.2) is 5.65 Å². The topological polar surface area (TPSA) is 85.4 Å². The first-order valence-corrected chi connectivity index (χ1v) is 10.1. The summed E-state index contributed by atoms with van der Waals surface area (Å²) in [4.78, 5) is 4.29. The molecule has 0 aromatic carbocycles. The van der Waals surface area contributed by atoms with Crippen LogP contribution in [0, 0.1) is 13.8 Å². The summed E-state index contributed by atoms with van der Waals surface area (Å²) in [7, 11) is -1.99. The Balaban J connectivity index is 1.60. The summed E-state index contributed by atoms with van der Waals surface area (Å²) in [6.45, 7) is 3.78. The van der Waals surface area contributed by atoms with Gasteiger partial charge in [0.25, 0.3) is 0 Å². The second-order valence-corrected chi connectivity index (χ2v) is 8.93. The molecule has 10 heteroatoms. The minimum atomic E-state index is -3.68. The first kappa shape index (κ1) is 18.1. The summed E-state index contributed by atoms with van der Waals surface area (Å²) in [6, 6.07) is 1.80. The fourth-order valence-corrected chi connectivity index (χ4v) is 5.27. The second kappa shape index (κ2) is 6.10. The smallest absolute Gasteiger partial charge is 0.246 e. The van der Waals surface area contributed by atoms with E-state index in [4.69, 9.17) is 0 Å². The zero-order chi connectivity index (χ0) is 19.4. The molecule has 27 heavy (non-hydrogen) atoms. The number of rotatable bonds is 3. The van der Waals surface area contributed by atoms with Gasteiger partial charge in [-0.25, -0.2) is 22.3 Å². The molecule has 1 aliphatic rings. The molecule has 0 N–H and O–H groups in total. The molecule has 1 aliphatic heterocycles. The molecule has 0 saturated carbocycles. The van der Waals surface area contributed by atoms with E-state index < -0.39 is 15.7 Å². The van der Waals surface area contributed by atoms with Crippen molar-refractivity contribution in [1.29, 1.82) is 0 Å². The van der Waals surface area contributed by atoms with Crippen LogP contribution in [0.2, 0.25) is 0 Å². The Hall–Kier alpha value is -2.33. The van der Waals surface area contributed by atoms with E-state index in [1.54, 1.807) is 30.8 Å². The molecule has 4 rings (SSSR count). The molecule has 4 heterocycles. The monoisotopic (exact) mass is 392 g/mol. The molecule has 3 aromatic heterocycles. The summed E-state index contributed by atoms with van der Waals surface area (Å²) in [6.07, 6.45) is 4.62. The van der Waals surface area contributed by atoms with E-state index in [0.29, 0.717) is 16.9 Å². The minimum Gasteiger partial charge on any atom is -0.272 e. The fourth-order valence-electron chi connectivity index (χ4n) is 3.65. The molecular formula is C17H21FN6O2S. The van der Waals surface area contributed by atoms with Gasteiger partial charge in [-0.3, -0.25) is 4.68 Å². The molecule has 0 aliphatic carbocycles. The van der Waals surface area contributed by atoms with Gasteiger partial charge in [-0.2, -0.15) is 14.5 Å². The quantitative estimate of drug-likeness (QED) is 0.678. The number of hydrogen-bond donors (Lipinski definition) is 0. The Morgan fingerprint density at radius 1 is 1.19 bits per heavy atom. The van der Waals surface area contributed by atoms with Crippen molar-refractivity contribution in [2.24, 2.45) is 7.05 Å². The molecule has 0 amide bonds. The largest absolute Gasteiger partial charge is 0.272 e. The van der Waals surface area contributed by atoms with E-state index in [1.165, 1.54) is 21.5 Å². The average molecular weight is 392 g/mol. The highest BCUT2D eigenvalue weighted by Gasteiger charge is 2.41. The molecule has 3 aromatic rings. The van der Waals surface area contributed by atoms with Crippen LogP contribution in [0.1, 0.15) is 29.7 Å². The summed E-state index contributed by atoms with van der Waals surface area (Å²) in [5, 5.41) is 8.09. The number of hydrogen-bond acceptors (Lipinski definition) is 5. The number of alkyl halides is 1. The van der Waals surface area contributed by atoms with Crippen molar-refractivity contribution in [1.82, 2.24) is 28.7 Å². The van der Waals surface area contributed by atoms with Crippen molar-refractivity contribution < 1.29 is 12.8 Å². The molecule has 1 fully saturated rings. The van der Waals surface area contributed by atoms with Crippen LogP contribution in [-0.2, 0) is 22.7 Å². The van der Waals surface area contributed by atoms with Crippen LogP contribution in [0.4, 0.5) is 4.39 Å². The number of aromatic nitrogens is 5. The summed E-state index contributed by atoms with van der Waals surface area (Å²) in [5.74, 6) is 0. The van der Waals surface area contributed by atoms with Gasteiger partial charge < -0.3 is 0 Å². The summed E-state index contributed by atoms with van der Waals surface area (Å²) < 4.78 is 46.0. The molecule has 8 nitrogen and oxygen atoms in total. The van der Waals surface area contributed by atoms with Crippen LogP contribution >= 0.6 is 0 Å². The highest BCUT2D eigenvalue weighted by Crippen LogP contribution is 2.40. The van der Waals surface area contributed by atoms with Crippen LogP contribution in [-0.4, -0.2) is 50.2 Å². The lowest BCUT2D eigenvalue weighted by atomic mass is 9.85. The predicted octanol–water partition coefficient (Wildman–Crippen LogP) is 1.73. The SMILES string of the molecule is Cc1cc2ncnn2cc1C1(F)CCN(S(=O)(=O)c2cnn(C)c2C)CC1. The van der Waals surface area contributed by atoms with Gasteiger partial charge in [-0.15, -0.1) is 0 Å². The van der Waals surface area contributed by atoms with Gasteiger partial charge >= 0.3 is 0 Å². The van der Waals surface area contributed by atoms with Crippen molar-refractivity contribution in [3.8, 4) is 0 Å². The van der Waals surface area contributed by atoms with Gasteiger partial charge in [0.1, 0.15) is 16.9 Å². The molecule has 0 unspecified atom stereocenters. The lowest BCUT2D eigenvalue weighted by molar-refractivity contribution is 0.0858. The Kier molecular flexibility index (Phi) is 4.08. The molecule has 144 valence electrons. The second-order valence-electron chi connectivity index (χ2n) is 7.02. The Morgan fingerprint density at radius 3 is 2.52 bits per heavy atom. The van der Waals surface area contributed by atoms with Crippen molar-refractivity contribution in [3.05, 3.63) is 41.6 Å². The van der Waals surface area contributed by atoms with Crippen molar-refractivity contribution in [2.45, 2.75) is 37.3 Å². The minimum absolute atomic E-state index is 0.0899. The van der Waals surface area contributed by atoms with E-state index in [2.05, 4.69) is 15.2 Å². The third kappa shape index (κ3) is 2.83. The highest BCUT2D eigenvalue weighted by atomic mass is 32.2. The van der Waals surface area contributed by atoms with Crippen LogP contribution in [0.15, 0.2) is 29.7 Å². The maximum atomic E-state index is 15.7. The summed E-state index contributed by atoms with van der Waals surface area (Å²) in [5.41, 5.74) is 0.958. The summed E-state index contributed by atoms with van der Waals surface area (Å²) >= 11 is 0. The normalized spacial score (nSPS) is 18.2. The van der Waals surface area contributed by atoms with E-state index in [1.807, 2.05) is 6.92 Å². The van der Waals surface area contributed by atoms with E-state index in [-0.39, 0.29) is 30.8 Å². The zero-order valence-corrected chi connectivity index (χ0v) is 16.2. The number of piperidine rings is 1. The fraction of sp³-hybridized carbons (Fsp3) is 0.471. The van der Waals surface area contributed by atoms with E-state index in [9.17, 15) is 8.42 Å². The first-order valence-electron chi connectivity index (χ1n) is 8.70. The first-order chi connectivity index (χ1) is 12.7. The predicted molar refractivity (Wildman–Crippen MR) is 96.4 cm³/mol. The Morgan fingerprint density at radius 2 is 1.89 bits per heavy atom. The molecule has 0 spiro atoms. The number of halogens is 1. The van der Waals surface area contributed by atoms with E-state index >= 15 is 4.39 Å². The number of aryl methyl sites for hydroxylation is 2. The lowest BCUT2D eigenvalue weighted by Gasteiger charge is -2.36. The van der Waals surface area contributed by atoms with Gasteiger partial charge in [-0.1, -0.05) is 0 Å².